The normalized spacial score (nSPS) is 12.4. The summed E-state index contributed by atoms with van der Waals surface area (Å²) in [4.78, 5) is 1.38. The molecule has 1 atom stereocenters. The van der Waals surface area contributed by atoms with Crippen molar-refractivity contribution in [1.82, 2.24) is 4.57 Å². The van der Waals surface area contributed by atoms with Crippen molar-refractivity contribution in [3.05, 3.63) is 47.3 Å². The van der Waals surface area contributed by atoms with Crippen LogP contribution in [0.2, 0.25) is 0 Å². The van der Waals surface area contributed by atoms with E-state index in [1.54, 1.807) is 34.9 Å². The maximum Gasteiger partial charge on any atom is 0.274 e. The second-order valence-electron chi connectivity index (χ2n) is 6.50. The summed E-state index contributed by atoms with van der Waals surface area (Å²) in [6.07, 6.45) is 0.414. The lowest BCUT2D eigenvalue weighted by Gasteiger charge is -2.14. The van der Waals surface area contributed by atoms with Crippen LogP contribution in [-0.4, -0.2) is 33.7 Å². The summed E-state index contributed by atoms with van der Waals surface area (Å²) in [6.45, 7) is 1.09. The van der Waals surface area contributed by atoms with Crippen LogP contribution in [0.25, 0.3) is 11.1 Å². The van der Waals surface area contributed by atoms with Crippen molar-refractivity contribution in [2.75, 3.05) is 25.4 Å². The number of hydrogen-bond acceptors (Lipinski definition) is 6. The van der Waals surface area contributed by atoms with Gasteiger partial charge in [-0.05, 0) is 42.5 Å². The average molecular weight is 434 g/mol. The minimum atomic E-state index is -3.86. The Morgan fingerprint density at radius 3 is 2.79 bits per heavy atom. The van der Waals surface area contributed by atoms with E-state index >= 15 is 0 Å². The molecule has 2 aromatic carbocycles. The first-order chi connectivity index (χ1) is 13.9. The van der Waals surface area contributed by atoms with Gasteiger partial charge < -0.3 is 14.1 Å². The van der Waals surface area contributed by atoms with Crippen LogP contribution in [0.3, 0.4) is 0 Å². The maximum atomic E-state index is 12.9. The fraction of sp³-hybridized carbons (Fsp3) is 0.263. The lowest BCUT2D eigenvalue weighted by Crippen LogP contribution is -3.08. The molecule has 0 aliphatic rings. The number of sulfonamides is 1. The van der Waals surface area contributed by atoms with E-state index in [-0.39, 0.29) is 9.73 Å². The van der Waals surface area contributed by atoms with Crippen LogP contribution in [0.15, 0.2) is 51.8 Å². The maximum absolute atomic E-state index is 12.9. The summed E-state index contributed by atoms with van der Waals surface area (Å²) in [6, 6.07) is 13.5. The van der Waals surface area contributed by atoms with Gasteiger partial charge in [-0.1, -0.05) is 12.1 Å². The van der Waals surface area contributed by atoms with Gasteiger partial charge in [-0.3, -0.25) is 9.29 Å². The molecule has 29 heavy (non-hydrogen) atoms. The van der Waals surface area contributed by atoms with E-state index in [9.17, 15) is 8.42 Å². The van der Waals surface area contributed by atoms with E-state index in [1.807, 2.05) is 7.05 Å². The van der Waals surface area contributed by atoms with Crippen molar-refractivity contribution in [2.24, 2.45) is 0 Å². The van der Waals surface area contributed by atoms with Crippen LogP contribution in [0.1, 0.15) is 6.42 Å². The molecule has 0 fully saturated rings. The molecule has 0 saturated heterocycles. The molecule has 0 saturated carbocycles. The molecule has 8 nitrogen and oxygen atoms in total. The smallest absolute Gasteiger partial charge is 0.274 e. The predicted octanol–water partition coefficient (Wildman–Crippen LogP) is 2.16. The van der Waals surface area contributed by atoms with Crippen LogP contribution in [0.4, 0.5) is 5.69 Å². The highest BCUT2D eigenvalue weighted by atomic mass is 32.2. The van der Waals surface area contributed by atoms with E-state index in [0.717, 1.165) is 4.90 Å². The largest absolute Gasteiger partial charge is 0.495 e. The lowest BCUT2D eigenvalue weighted by molar-refractivity contribution is -0.902. The van der Waals surface area contributed by atoms with Crippen LogP contribution < -0.4 is 14.4 Å². The van der Waals surface area contributed by atoms with Crippen molar-refractivity contribution >= 4 is 39.0 Å². The van der Waals surface area contributed by atoms with E-state index in [1.165, 1.54) is 19.2 Å². The number of ether oxygens (including phenoxy) is 1. The van der Waals surface area contributed by atoms with Gasteiger partial charge >= 0.3 is 0 Å². The standard InChI is InChI=1S/C19H20N4O4S2/c1-22(11-5-10-20)13-23-16-12-14(8-9-18(16)27-19(23)28)29(24,25)21-15-6-3-4-7-17(15)26-2/h3-4,6-9,12,21H,5,11,13H2,1-2H3/p+1. The number of para-hydroxylation sites is 2. The van der Waals surface area contributed by atoms with Gasteiger partial charge in [-0.15, -0.1) is 0 Å². The number of aromatic nitrogens is 1. The molecule has 1 heterocycles. The minimum absolute atomic E-state index is 0.0788. The van der Waals surface area contributed by atoms with Crippen molar-refractivity contribution in [1.29, 1.82) is 5.26 Å². The van der Waals surface area contributed by atoms with Gasteiger partial charge in [0.25, 0.3) is 14.9 Å². The Kier molecular flexibility index (Phi) is 6.22. The highest BCUT2D eigenvalue weighted by Crippen LogP contribution is 2.27. The first-order valence-electron chi connectivity index (χ1n) is 8.83. The number of oxazole rings is 1. The third-order valence-electron chi connectivity index (χ3n) is 4.39. The summed E-state index contributed by atoms with van der Waals surface area (Å²) < 4.78 is 40.9. The van der Waals surface area contributed by atoms with Crippen molar-refractivity contribution < 1.29 is 22.5 Å². The Morgan fingerprint density at radius 1 is 1.31 bits per heavy atom. The number of nitrogens with one attached hydrogen (secondary N) is 2. The third kappa shape index (κ3) is 4.59. The summed E-state index contributed by atoms with van der Waals surface area (Å²) in [7, 11) is -0.448. The monoisotopic (exact) mass is 433 g/mol. The molecule has 0 amide bonds. The van der Waals surface area contributed by atoms with E-state index in [4.69, 9.17) is 26.6 Å². The number of benzene rings is 2. The number of methoxy groups -OCH3 is 1. The molecule has 0 bridgehead atoms. The van der Waals surface area contributed by atoms with Gasteiger partial charge in [0, 0.05) is 0 Å². The quantitative estimate of drug-likeness (QED) is 0.528. The van der Waals surface area contributed by atoms with Crippen LogP contribution in [-0.2, 0) is 16.7 Å². The van der Waals surface area contributed by atoms with Gasteiger partial charge in [0.1, 0.15) is 5.75 Å². The average Bonchev–Trinajstić information content (AvgIpc) is 3.01. The fourth-order valence-corrected chi connectivity index (χ4v) is 4.25. The number of anilines is 1. The Morgan fingerprint density at radius 2 is 2.07 bits per heavy atom. The summed E-state index contributed by atoms with van der Waals surface area (Å²) >= 11 is 5.29. The van der Waals surface area contributed by atoms with E-state index < -0.39 is 10.0 Å². The molecule has 152 valence electrons. The number of hydrogen-bond donors (Lipinski definition) is 2. The fourth-order valence-electron chi connectivity index (χ4n) is 2.91. The number of fused-ring (bicyclic) bond motifs is 1. The SMILES string of the molecule is COc1ccccc1NS(=O)(=O)c1ccc2oc(=S)n(C[NH+](C)CCC#N)c2c1. The minimum Gasteiger partial charge on any atom is -0.495 e. The van der Waals surface area contributed by atoms with E-state index in [2.05, 4.69) is 10.8 Å². The molecule has 10 heteroatoms. The zero-order valence-electron chi connectivity index (χ0n) is 16.0. The van der Waals surface area contributed by atoms with Crippen LogP contribution in [0.5, 0.6) is 5.75 Å². The highest BCUT2D eigenvalue weighted by molar-refractivity contribution is 7.92. The van der Waals surface area contributed by atoms with Crippen LogP contribution >= 0.6 is 12.2 Å². The number of nitriles is 1. The Hall–Kier alpha value is -2.87. The van der Waals surface area contributed by atoms with Crippen molar-refractivity contribution in [3.63, 3.8) is 0 Å². The highest BCUT2D eigenvalue weighted by Gasteiger charge is 2.19. The molecule has 0 aliphatic carbocycles. The molecule has 0 spiro atoms. The van der Waals surface area contributed by atoms with Gasteiger partial charge in [0.05, 0.1) is 49.3 Å². The third-order valence-corrected chi connectivity index (χ3v) is 6.06. The molecule has 3 aromatic rings. The zero-order chi connectivity index (χ0) is 21.0. The van der Waals surface area contributed by atoms with E-state index in [0.29, 0.717) is 42.2 Å². The van der Waals surface area contributed by atoms with Gasteiger partial charge in [0.15, 0.2) is 12.3 Å². The van der Waals surface area contributed by atoms with Gasteiger partial charge in [-0.25, -0.2) is 8.42 Å². The summed E-state index contributed by atoms with van der Waals surface area (Å²) in [5.74, 6) is 0.422. The Balaban J connectivity index is 1.97. The molecule has 1 unspecified atom stereocenters. The number of nitrogens with zero attached hydrogens (tertiary/aromatic N) is 2. The molecule has 2 N–H and O–H groups in total. The molecule has 1 aromatic heterocycles. The lowest BCUT2D eigenvalue weighted by atomic mass is 10.3. The second-order valence-corrected chi connectivity index (χ2v) is 8.54. The first-order valence-corrected chi connectivity index (χ1v) is 10.7. The van der Waals surface area contributed by atoms with Crippen LogP contribution in [0, 0.1) is 16.2 Å². The summed E-state index contributed by atoms with van der Waals surface area (Å²) in [5, 5.41) is 8.76. The molecule has 0 radical (unpaired) electrons. The van der Waals surface area contributed by atoms with Crippen molar-refractivity contribution in [2.45, 2.75) is 18.0 Å². The Bertz CT molecular complexity index is 1220. The molecule has 3 rings (SSSR count). The molecule has 0 aliphatic heterocycles. The van der Waals surface area contributed by atoms with Crippen molar-refractivity contribution in [3.8, 4) is 11.8 Å². The topological polar surface area (TPSA) is 102 Å². The summed E-state index contributed by atoms with van der Waals surface area (Å²) in [5.41, 5.74) is 1.42. The van der Waals surface area contributed by atoms with Gasteiger partial charge in [0.2, 0.25) is 0 Å². The molecular weight excluding hydrogens is 412 g/mol. The molecular formula is C19H21N4O4S2+. The number of quaternary nitrogens is 1. The number of rotatable bonds is 8. The predicted molar refractivity (Wildman–Crippen MR) is 111 cm³/mol. The Labute approximate surface area is 174 Å². The second kappa shape index (κ2) is 8.65. The first kappa shape index (κ1) is 20.9. The zero-order valence-corrected chi connectivity index (χ0v) is 17.6. The van der Waals surface area contributed by atoms with Gasteiger partial charge in [-0.2, -0.15) is 5.26 Å².